The van der Waals surface area contributed by atoms with Crippen LogP contribution in [0.5, 0.6) is 23.0 Å². The molecule has 5 heteroatoms. The average Bonchev–Trinajstić information content (AvgIpc) is 2.53. The lowest BCUT2D eigenvalue weighted by Gasteiger charge is -2.12. The smallest absolute Gasteiger partial charge is 0.127 e. The van der Waals surface area contributed by atoms with E-state index in [4.69, 9.17) is 24.7 Å². The molecule has 0 saturated heterocycles. The Kier molecular flexibility index (Phi) is 4.77. The number of nitrogen functional groups attached to an aromatic ring is 1. The van der Waals surface area contributed by atoms with Gasteiger partial charge < -0.3 is 24.7 Å². The molecule has 0 heterocycles. The monoisotopic (exact) mass is 289 g/mol. The van der Waals surface area contributed by atoms with Crippen molar-refractivity contribution in [3.8, 4) is 23.0 Å². The van der Waals surface area contributed by atoms with E-state index in [9.17, 15) is 0 Å². The fourth-order valence-corrected chi connectivity index (χ4v) is 1.91. The van der Waals surface area contributed by atoms with E-state index in [1.807, 2.05) is 12.1 Å². The molecule has 0 unspecified atom stereocenters. The van der Waals surface area contributed by atoms with Crippen LogP contribution in [0, 0.1) is 0 Å². The lowest BCUT2D eigenvalue weighted by Crippen LogP contribution is -2.00. The Morgan fingerprint density at radius 2 is 1.43 bits per heavy atom. The van der Waals surface area contributed by atoms with Crippen LogP contribution in [-0.4, -0.2) is 21.3 Å². The van der Waals surface area contributed by atoms with Crippen molar-refractivity contribution in [2.24, 2.45) is 0 Å². The van der Waals surface area contributed by atoms with Crippen molar-refractivity contribution in [3.05, 3.63) is 42.0 Å². The van der Waals surface area contributed by atoms with Crippen molar-refractivity contribution >= 4 is 5.69 Å². The third-order valence-corrected chi connectivity index (χ3v) is 3.03. The molecule has 0 aromatic heterocycles. The molecule has 2 aromatic carbocycles. The largest absolute Gasteiger partial charge is 0.496 e. The van der Waals surface area contributed by atoms with E-state index in [1.165, 1.54) is 0 Å². The van der Waals surface area contributed by atoms with Gasteiger partial charge in [0, 0.05) is 35.5 Å². The van der Waals surface area contributed by atoms with Crippen LogP contribution in [-0.2, 0) is 6.61 Å². The van der Waals surface area contributed by atoms with Gasteiger partial charge in [0.1, 0.15) is 29.6 Å². The molecule has 0 fully saturated rings. The highest BCUT2D eigenvalue weighted by Gasteiger charge is 2.07. The van der Waals surface area contributed by atoms with Crippen LogP contribution in [0.25, 0.3) is 0 Å². The summed E-state index contributed by atoms with van der Waals surface area (Å²) >= 11 is 0. The zero-order chi connectivity index (χ0) is 15.2. The molecule has 5 nitrogen and oxygen atoms in total. The van der Waals surface area contributed by atoms with Gasteiger partial charge in [0.25, 0.3) is 0 Å². The molecule has 0 saturated carbocycles. The number of nitrogens with two attached hydrogens (primary N) is 1. The molecule has 0 aliphatic heterocycles. The van der Waals surface area contributed by atoms with Crippen LogP contribution in [0.3, 0.4) is 0 Å². The van der Waals surface area contributed by atoms with E-state index in [1.54, 1.807) is 45.6 Å². The summed E-state index contributed by atoms with van der Waals surface area (Å²) in [6.45, 7) is 0.361. The van der Waals surface area contributed by atoms with Crippen LogP contribution in [0.2, 0.25) is 0 Å². The Balaban J connectivity index is 2.16. The van der Waals surface area contributed by atoms with Crippen molar-refractivity contribution in [1.82, 2.24) is 0 Å². The minimum Gasteiger partial charge on any atom is -0.496 e. The molecule has 0 aliphatic carbocycles. The summed E-state index contributed by atoms with van der Waals surface area (Å²) in [6.07, 6.45) is 0. The third kappa shape index (κ3) is 3.72. The van der Waals surface area contributed by atoms with E-state index in [0.717, 1.165) is 5.56 Å². The molecule has 0 atom stereocenters. The van der Waals surface area contributed by atoms with Crippen LogP contribution >= 0.6 is 0 Å². The summed E-state index contributed by atoms with van der Waals surface area (Å²) in [7, 11) is 4.80. The fourth-order valence-electron chi connectivity index (χ4n) is 1.91. The van der Waals surface area contributed by atoms with Gasteiger partial charge in [0.05, 0.1) is 21.3 Å². The average molecular weight is 289 g/mol. The molecular formula is C16H19NO4. The standard InChI is InChI=1S/C16H19NO4/c1-18-13-7-14(19-2)9-15(8-13)21-10-11-4-5-12(17)6-16(11)20-3/h4-9H,10,17H2,1-3H3. The molecule has 0 spiro atoms. The number of hydrogen-bond donors (Lipinski definition) is 1. The second-order valence-corrected chi connectivity index (χ2v) is 4.41. The lowest BCUT2D eigenvalue weighted by atomic mass is 10.2. The van der Waals surface area contributed by atoms with Crippen LogP contribution in [0.4, 0.5) is 5.69 Å². The summed E-state index contributed by atoms with van der Waals surface area (Å²) in [5, 5.41) is 0. The quantitative estimate of drug-likeness (QED) is 0.828. The van der Waals surface area contributed by atoms with E-state index >= 15 is 0 Å². The summed E-state index contributed by atoms with van der Waals surface area (Å²) < 4.78 is 21.5. The first-order valence-corrected chi connectivity index (χ1v) is 6.44. The van der Waals surface area contributed by atoms with Crippen molar-refractivity contribution in [3.63, 3.8) is 0 Å². The van der Waals surface area contributed by atoms with Crippen molar-refractivity contribution < 1.29 is 18.9 Å². The third-order valence-electron chi connectivity index (χ3n) is 3.03. The summed E-state index contributed by atoms with van der Waals surface area (Å²) in [5.41, 5.74) is 7.29. The predicted molar refractivity (Wildman–Crippen MR) is 81.3 cm³/mol. The Labute approximate surface area is 124 Å². The summed E-state index contributed by atoms with van der Waals surface area (Å²) in [4.78, 5) is 0. The van der Waals surface area contributed by atoms with Crippen molar-refractivity contribution in [2.45, 2.75) is 6.61 Å². The minimum atomic E-state index is 0.361. The number of rotatable bonds is 6. The van der Waals surface area contributed by atoms with E-state index < -0.39 is 0 Å². The number of anilines is 1. The fraction of sp³-hybridized carbons (Fsp3) is 0.250. The summed E-state index contributed by atoms with van der Waals surface area (Å²) in [6, 6.07) is 10.8. The highest BCUT2D eigenvalue weighted by molar-refractivity contribution is 5.48. The van der Waals surface area contributed by atoms with Crippen molar-refractivity contribution in [2.75, 3.05) is 27.1 Å². The second kappa shape index (κ2) is 6.74. The van der Waals surface area contributed by atoms with Crippen LogP contribution in [0.1, 0.15) is 5.56 Å². The van der Waals surface area contributed by atoms with E-state index in [0.29, 0.717) is 35.3 Å². The number of ether oxygens (including phenoxy) is 4. The van der Waals surface area contributed by atoms with Crippen molar-refractivity contribution in [1.29, 1.82) is 0 Å². The first-order chi connectivity index (χ1) is 10.2. The Bertz CT molecular complexity index is 591. The molecule has 112 valence electrons. The molecule has 0 amide bonds. The molecule has 2 rings (SSSR count). The lowest BCUT2D eigenvalue weighted by molar-refractivity contribution is 0.292. The zero-order valence-electron chi connectivity index (χ0n) is 12.4. The molecule has 0 radical (unpaired) electrons. The highest BCUT2D eigenvalue weighted by atomic mass is 16.5. The van der Waals surface area contributed by atoms with Gasteiger partial charge in [-0.25, -0.2) is 0 Å². The Morgan fingerprint density at radius 1 is 0.810 bits per heavy atom. The van der Waals surface area contributed by atoms with Gasteiger partial charge in [0.15, 0.2) is 0 Å². The highest BCUT2D eigenvalue weighted by Crippen LogP contribution is 2.29. The van der Waals surface area contributed by atoms with Crippen LogP contribution < -0.4 is 24.7 Å². The van der Waals surface area contributed by atoms with Gasteiger partial charge in [-0.1, -0.05) is 0 Å². The second-order valence-electron chi connectivity index (χ2n) is 4.41. The number of hydrogen-bond acceptors (Lipinski definition) is 5. The van der Waals surface area contributed by atoms with Gasteiger partial charge in [0.2, 0.25) is 0 Å². The maximum absolute atomic E-state index is 5.78. The van der Waals surface area contributed by atoms with Gasteiger partial charge in [-0.05, 0) is 12.1 Å². The maximum Gasteiger partial charge on any atom is 0.127 e. The first-order valence-electron chi connectivity index (χ1n) is 6.44. The van der Waals surface area contributed by atoms with Gasteiger partial charge in [-0.15, -0.1) is 0 Å². The molecule has 0 bridgehead atoms. The van der Waals surface area contributed by atoms with Crippen LogP contribution in [0.15, 0.2) is 36.4 Å². The Hall–Kier alpha value is -2.56. The first kappa shape index (κ1) is 14.8. The summed E-state index contributed by atoms with van der Waals surface area (Å²) in [5.74, 6) is 2.71. The molecule has 21 heavy (non-hydrogen) atoms. The SMILES string of the molecule is COc1cc(OC)cc(OCc2ccc(N)cc2OC)c1. The normalized spacial score (nSPS) is 10.0. The molecule has 0 aliphatic rings. The topological polar surface area (TPSA) is 62.9 Å². The number of methoxy groups -OCH3 is 3. The number of benzene rings is 2. The molecular weight excluding hydrogens is 270 g/mol. The van der Waals surface area contributed by atoms with Gasteiger partial charge in [-0.2, -0.15) is 0 Å². The Morgan fingerprint density at radius 3 is 2.00 bits per heavy atom. The minimum absolute atomic E-state index is 0.361. The molecule has 2 N–H and O–H groups in total. The maximum atomic E-state index is 5.78. The predicted octanol–water partition coefficient (Wildman–Crippen LogP) is 2.87. The van der Waals surface area contributed by atoms with E-state index in [-0.39, 0.29) is 0 Å². The molecule has 2 aromatic rings. The zero-order valence-corrected chi connectivity index (χ0v) is 12.4. The van der Waals surface area contributed by atoms with Gasteiger partial charge in [-0.3, -0.25) is 0 Å². The van der Waals surface area contributed by atoms with E-state index in [2.05, 4.69) is 0 Å². The van der Waals surface area contributed by atoms with Gasteiger partial charge >= 0.3 is 0 Å².